The standard InChI is InChI=1S/C28H37.2ClH.Zr/c1-17(2)11-21-12-22-9-10-26(20(7)8)28(27(22)13-21)25-15-23(18(3)4)14-24(16-25)19(5)6;;;/h9-10,12-20H,11H2,1-8H3;2*1H;/q;;;+2/p-2. The maximum atomic E-state index is 6.75. The topological polar surface area (TPSA) is 0 Å². The van der Waals surface area contributed by atoms with E-state index in [0.29, 0.717) is 23.7 Å². The van der Waals surface area contributed by atoms with Gasteiger partial charge in [-0.3, -0.25) is 0 Å². The molecular weight excluding hydrogens is 498 g/mol. The molecule has 1 atom stereocenters. The van der Waals surface area contributed by atoms with Crippen molar-refractivity contribution in [2.45, 2.75) is 83.2 Å². The molecule has 0 saturated heterocycles. The van der Waals surface area contributed by atoms with E-state index in [2.05, 4.69) is 91.8 Å². The van der Waals surface area contributed by atoms with Crippen LogP contribution in [0.3, 0.4) is 0 Å². The van der Waals surface area contributed by atoms with Crippen molar-refractivity contribution in [2.75, 3.05) is 0 Å². The molecule has 0 fully saturated rings. The van der Waals surface area contributed by atoms with Gasteiger partial charge in [0.05, 0.1) is 0 Å². The molecule has 0 bridgehead atoms. The van der Waals surface area contributed by atoms with E-state index in [1.807, 2.05) is 0 Å². The first-order chi connectivity index (χ1) is 14.5. The van der Waals surface area contributed by atoms with E-state index in [1.54, 1.807) is 0 Å². The Morgan fingerprint density at radius 2 is 1.39 bits per heavy atom. The van der Waals surface area contributed by atoms with Gasteiger partial charge >= 0.3 is 206 Å². The Labute approximate surface area is 205 Å². The summed E-state index contributed by atoms with van der Waals surface area (Å²) in [6.45, 7) is 18.3. The van der Waals surface area contributed by atoms with Crippen LogP contribution in [0.5, 0.6) is 0 Å². The van der Waals surface area contributed by atoms with Gasteiger partial charge in [0.2, 0.25) is 0 Å². The fourth-order valence-electron chi connectivity index (χ4n) is 4.72. The molecule has 1 aliphatic rings. The molecular formula is C28H37Cl2Zr. The second kappa shape index (κ2) is 10.3. The SMILES string of the molecule is CC(C)CC1=Cc2c(ccc(C(C)C)c2-c2cc(C(C)C)cc(C(C)C)c2)[CH]1[Zr]([Cl])[Cl]. The van der Waals surface area contributed by atoms with Crippen LogP contribution in [-0.4, -0.2) is 0 Å². The van der Waals surface area contributed by atoms with Crippen molar-refractivity contribution in [2.24, 2.45) is 5.92 Å². The number of hydrogen-bond donors (Lipinski definition) is 0. The zero-order valence-electron chi connectivity index (χ0n) is 20.3. The molecule has 0 aromatic heterocycles. The second-order valence-electron chi connectivity index (χ2n) is 10.4. The quantitative estimate of drug-likeness (QED) is 0.331. The molecule has 0 aliphatic heterocycles. The van der Waals surface area contributed by atoms with E-state index in [0.717, 1.165) is 6.42 Å². The minimum atomic E-state index is -2.52. The maximum absolute atomic E-state index is 6.75. The van der Waals surface area contributed by atoms with Crippen LogP contribution in [0.1, 0.15) is 111 Å². The molecule has 0 N–H and O–H groups in total. The van der Waals surface area contributed by atoms with E-state index in [4.69, 9.17) is 17.0 Å². The van der Waals surface area contributed by atoms with Gasteiger partial charge in [-0.05, 0) is 0 Å². The van der Waals surface area contributed by atoms with Crippen molar-refractivity contribution in [3.05, 3.63) is 63.7 Å². The van der Waals surface area contributed by atoms with Crippen LogP contribution in [0.4, 0.5) is 0 Å². The third-order valence-corrected chi connectivity index (χ3v) is 11.7. The molecule has 1 unspecified atom stereocenters. The van der Waals surface area contributed by atoms with Gasteiger partial charge in [-0.25, -0.2) is 0 Å². The van der Waals surface area contributed by atoms with Gasteiger partial charge in [0.15, 0.2) is 0 Å². The number of benzene rings is 2. The van der Waals surface area contributed by atoms with Gasteiger partial charge in [0, 0.05) is 0 Å². The summed E-state index contributed by atoms with van der Waals surface area (Å²) in [7, 11) is 13.5. The van der Waals surface area contributed by atoms with Crippen molar-refractivity contribution in [1.29, 1.82) is 0 Å². The van der Waals surface area contributed by atoms with Crippen LogP contribution in [0, 0.1) is 5.92 Å². The number of fused-ring (bicyclic) bond motifs is 1. The Bertz CT molecular complexity index is 941. The summed E-state index contributed by atoms with van der Waals surface area (Å²) in [5.41, 5.74) is 11.2. The van der Waals surface area contributed by atoms with E-state index in [-0.39, 0.29) is 3.63 Å². The number of hydrogen-bond acceptors (Lipinski definition) is 0. The van der Waals surface area contributed by atoms with Crippen LogP contribution in [0.25, 0.3) is 17.2 Å². The normalized spacial score (nSPS) is 15.9. The first-order valence-corrected chi connectivity index (χ1v) is 19.5. The summed E-state index contributed by atoms with van der Waals surface area (Å²) in [4.78, 5) is 0. The molecule has 167 valence electrons. The predicted molar refractivity (Wildman–Crippen MR) is 136 cm³/mol. The Balaban J connectivity index is 2.33. The van der Waals surface area contributed by atoms with Crippen LogP contribution < -0.4 is 0 Å². The van der Waals surface area contributed by atoms with Gasteiger partial charge in [-0.1, -0.05) is 0 Å². The zero-order chi connectivity index (χ0) is 23.0. The van der Waals surface area contributed by atoms with Gasteiger partial charge in [0.25, 0.3) is 0 Å². The van der Waals surface area contributed by atoms with Crippen molar-refractivity contribution >= 4 is 23.1 Å². The molecule has 0 heterocycles. The number of halogens is 2. The van der Waals surface area contributed by atoms with E-state index < -0.39 is 19.4 Å². The fraction of sp³-hybridized carbons (Fsp3) is 0.500. The first kappa shape index (κ1) is 25.3. The van der Waals surface area contributed by atoms with Crippen molar-refractivity contribution in [3.63, 3.8) is 0 Å². The third-order valence-electron chi connectivity index (χ3n) is 6.41. The number of rotatable bonds is 7. The molecule has 0 saturated carbocycles. The predicted octanol–water partition coefficient (Wildman–Crippen LogP) is 10.1. The Morgan fingerprint density at radius 3 is 1.84 bits per heavy atom. The Morgan fingerprint density at radius 1 is 0.806 bits per heavy atom. The van der Waals surface area contributed by atoms with Gasteiger partial charge in [-0.2, -0.15) is 0 Å². The Kier molecular flexibility index (Phi) is 8.38. The van der Waals surface area contributed by atoms with E-state index >= 15 is 0 Å². The summed E-state index contributed by atoms with van der Waals surface area (Å²) < 4.78 is 0.279. The van der Waals surface area contributed by atoms with Crippen molar-refractivity contribution in [3.8, 4) is 11.1 Å². The number of allylic oxidation sites excluding steroid dienone is 1. The van der Waals surface area contributed by atoms with E-state index in [9.17, 15) is 0 Å². The molecule has 0 nitrogen and oxygen atoms in total. The zero-order valence-corrected chi connectivity index (χ0v) is 24.3. The van der Waals surface area contributed by atoms with Gasteiger partial charge in [0.1, 0.15) is 0 Å². The Hall–Kier alpha value is -0.357. The third kappa shape index (κ3) is 5.42. The fourth-order valence-corrected chi connectivity index (χ4v) is 10.2. The molecule has 31 heavy (non-hydrogen) atoms. The molecule has 0 amide bonds. The van der Waals surface area contributed by atoms with Crippen LogP contribution in [0.2, 0.25) is 0 Å². The average molecular weight is 536 g/mol. The average Bonchev–Trinajstić information content (AvgIpc) is 3.03. The van der Waals surface area contributed by atoms with Gasteiger partial charge in [-0.15, -0.1) is 0 Å². The molecule has 0 spiro atoms. The molecule has 3 rings (SSSR count). The molecule has 3 heteroatoms. The second-order valence-corrected chi connectivity index (χ2v) is 19.2. The summed E-state index contributed by atoms with van der Waals surface area (Å²) in [5, 5.41) is 0. The first-order valence-electron chi connectivity index (χ1n) is 11.7. The van der Waals surface area contributed by atoms with E-state index in [1.165, 1.54) is 44.5 Å². The molecule has 1 aliphatic carbocycles. The van der Waals surface area contributed by atoms with Gasteiger partial charge < -0.3 is 0 Å². The molecule has 2 aromatic carbocycles. The monoisotopic (exact) mass is 533 g/mol. The summed E-state index contributed by atoms with van der Waals surface area (Å²) in [6, 6.07) is 11.9. The summed E-state index contributed by atoms with van der Waals surface area (Å²) >= 11 is -2.52. The summed E-state index contributed by atoms with van der Waals surface area (Å²) in [5.74, 6) is 2.06. The van der Waals surface area contributed by atoms with Crippen LogP contribution >= 0.6 is 17.0 Å². The molecule has 0 radical (unpaired) electrons. The van der Waals surface area contributed by atoms with Crippen LogP contribution in [0.15, 0.2) is 35.9 Å². The summed E-state index contributed by atoms with van der Waals surface area (Å²) in [6.07, 6.45) is 3.52. The minimum absolute atomic E-state index is 0.279. The van der Waals surface area contributed by atoms with Crippen LogP contribution in [-0.2, 0) is 19.4 Å². The van der Waals surface area contributed by atoms with Crippen molar-refractivity contribution < 1.29 is 19.4 Å². The van der Waals surface area contributed by atoms with Crippen molar-refractivity contribution in [1.82, 2.24) is 0 Å². The molecule has 2 aromatic rings.